The summed E-state index contributed by atoms with van der Waals surface area (Å²) in [5.41, 5.74) is 1.01. The van der Waals surface area contributed by atoms with Crippen molar-refractivity contribution in [1.82, 2.24) is 4.72 Å². The number of phenols is 1. The molecule has 0 aromatic heterocycles. The number of ether oxygens (including phenoxy) is 1. The van der Waals surface area contributed by atoms with Crippen molar-refractivity contribution in [1.29, 1.82) is 0 Å². The highest BCUT2D eigenvalue weighted by molar-refractivity contribution is 7.89. The second kappa shape index (κ2) is 6.60. The SMILES string of the molecule is COc1ccc(CCNS(=O)(=O)c2cccc(O)c2)cc1. The number of hydrogen-bond acceptors (Lipinski definition) is 4. The molecule has 0 saturated carbocycles. The summed E-state index contributed by atoms with van der Waals surface area (Å²) in [4.78, 5) is 0.0530. The number of hydrogen-bond donors (Lipinski definition) is 2. The normalized spacial score (nSPS) is 11.3. The van der Waals surface area contributed by atoms with E-state index in [0.717, 1.165) is 11.3 Å². The third kappa shape index (κ3) is 4.21. The smallest absolute Gasteiger partial charge is 0.240 e. The minimum Gasteiger partial charge on any atom is -0.508 e. The van der Waals surface area contributed by atoms with Crippen LogP contribution in [-0.4, -0.2) is 27.2 Å². The van der Waals surface area contributed by atoms with Crippen LogP contribution in [0.15, 0.2) is 53.4 Å². The summed E-state index contributed by atoms with van der Waals surface area (Å²) in [5, 5.41) is 9.33. The molecule has 0 aliphatic carbocycles. The molecule has 0 atom stereocenters. The van der Waals surface area contributed by atoms with Crippen LogP contribution < -0.4 is 9.46 Å². The van der Waals surface area contributed by atoms with Gasteiger partial charge in [-0.2, -0.15) is 0 Å². The number of nitrogens with one attached hydrogen (secondary N) is 1. The fourth-order valence-corrected chi connectivity index (χ4v) is 2.93. The first-order chi connectivity index (χ1) is 10.0. The van der Waals surface area contributed by atoms with Crippen molar-refractivity contribution in [3.05, 3.63) is 54.1 Å². The van der Waals surface area contributed by atoms with Crippen molar-refractivity contribution < 1.29 is 18.3 Å². The lowest BCUT2D eigenvalue weighted by molar-refractivity contribution is 0.414. The van der Waals surface area contributed by atoms with Crippen LogP contribution in [-0.2, 0) is 16.4 Å². The Bertz CT molecular complexity index is 696. The van der Waals surface area contributed by atoms with Crippen LogP contribution in [0.2, 0.25) is 0 Å². The van der Waals surface area contributed by atoms with Crippen LogP contribution in [0.25, 0.3) is 0 Å². The molecule has 5 nitrogen and oxygen atoms in total. The van der Waals surface area contributed by atoms with Gasteiger partial charge >= 0.3 is 0 Å². The molecule has 21 heavy (non-hydrogen) atoms. The number of aromatic hydroxyl groups is 1. The lowest BCUT2D eigenvalue weighted by atomic mass is 10.1. The van der Waals surface area contributed by atoms with Crippen LogP contribution in [0.3, 0.4) is 0 Å². The molecule has 0 heterocycles. The first kappa shape index (κ1) is 15.3. The van der Waals surface area contributed by atoms with Crippen LogP contribution in [0.4, 0.5) is 0 Å². The van der Waals surface area contributed by atoms with Crippen molar-refractivity contribution in [2.75, 3.05) is 13.7 Å². The quantitative estimate of drug-likeness (QED) is 0.855. The zero-order valence-corrected chi connectivity index (χ0v) is 12.4. The molecular weight excluding hydrogens is 290 g/mol. The second-order valence-corrected chi connectivity index (χ2v) is 6.26. The molecular formula is C15H17NO4S. The molecule has 2 N–H and O–H groups in total. The Hall–Kier alpha value is -2.05. The number of benzene rings is 2. The van der Waals surface area contributed by atoms with Gasteiger partial charge in [-0.05, 0) is 42.3 Å². The average Bonchev–Trinajstić information content (AvgIpc) is 2.48. The van der Waals surface area contributed by atoms with E-state index in [1.165, 1.54) is 24.3 Å². The second-order valence-electron chi connectivity index (χ2n) is 4.49. The Morgan fingerprint density at radius 2 is 1.86 bits per heavy atom. The van der Waals surface area contributed by atoms with E-state index in [4.69, 9.17) is 4.74 Å². The highest BCUT2D eigenvalue weighted by Crippen LogP contribution is 2.16. The van der Waals surface area contributed by atoms with E-state index >= 15 is 0 Å². The monoisotopic (exact) mass is 307 g/mol. The summed E-state index contributed by atoms with van der Waals surface area (Å²) in [6.45, 7) is 0.282. The maximum absolute atomic E-state index is 12.0. The van der Waals surface area contributed by atoms with Crippen LogP contribution in [0.1, 0.15) is 5.56 Å². The maximum Gasteiger partial charge on any atom is 0.240 e. The summed E-state index contributed by atoms with van der Waals surface area (Å²) in [5.74, 6) is 0.687. The van der Waals surface area contributed by atoms with Gasteiger partial charge < -0.3 is 9.84 Å². The van der Waals surface area contributed by atoms with E-state index in [1.54, 1.807) is 7.11 Å². The van der Waals surface area contributed by atoms with E-state index in [2.05, 4.69) is 4.72 Å². The lowest BCUT2D eigenvalue weighted by Gasteiger charge is -2.07. The summed E-state index contributed by atoms with van der Waals surface area (Å²) in [6.07, 6.45) is 0.571. The largest absolute Gasteiger partial charge is 0.508 e. The topological polar surface area (TPSA) is 75.6 Å². The van der Waals surface area contributed by atoms with Crippen molar-refractivity contribution in [2.45, 2.75) is 11.3 Å². The molecule has 0 aliphatic rings. The summed E-state index contributed by atoms with van der Waals surface area (Å²) in [6, 6.07) is 13.0. The Morgan fingerprint density at radius 3 is 2.48 bits per heavy atom. The zero-order valence-electron chi connectivity index (χ0n) is 11.6. The molecule has 2 rings (SSSR count). The fraction of sp³-hybridized carbons (Fsp3) is 0.200. The highest BCUT2D eigenvalue weighted by Gasteiger charge is 2.13. The number of methoxy groups -OCH3 is 1. The molecule has 0 aliphatic heterocycles. The third-order valence-corrected chi connectivity index (χ3v) is 4.45. The van der Waals surface area contributed by atoms with Gasteiger partial charge in [0.05, 0.1) is 12.0 Å². The molecule has 0 radical (unpaired) electrons. The number of sulfonamides is 1. The van der Waals surface area contributed by atoms with E-state index in [-0.39, 0.29) is 17.2 Å². The van der Waals surface area contributed by atoms with Gasteiger partial charge in [-0.1, -0.05) is 18.2 Å². The van der Waals surface area contributed by atoms with Gasteiger partial charge in [0.2, 0.25) is 10.0 Å². The molecule has 0 amide bonds. The molecule has 0 saturated heterocycles. The molecule has 6 heteroatoms. The van der Waals surface area contributed by atoms with E-state index in [9.17, 15) is 13.5 Å². The molecule has 0 spiro atoms. The minimum absolute atomic E-state index is 0.0530. The Kier molecular flexibility index (Phi) is 4.82. The predicted molar refractivity (Wildman–Crippen MR) is 80.0 cm³/mol. The van der Waals surface area contributed by atoms with Gasteiger partial charge in [0, 0.05) is 6.54 Å². The van der Waals surface area contributed by atoms with Gasteiger partial charge in [0.25, 0.3) is 0 Å². The van der Waals surface area contributed by atoms with Gasteiger partial charge in [0.1, 0.15) is 11.5 Å². The van der Waals surface area contributed by atoms with Gasteiger partial charge in [0.15, 0.2) is 0 Å². The van der Waals surface area contributed by atoms with Gasteiger partial charge in [-0.25, -0.2) is 13.1 Å². The number of phenolic OH excluding ortho intramolecular Hbond substituents is 1. The van der Waals surface area contributed by atoms with Gasteiger partial charge in [-0.3, -0.25) is 0 Å². The van der Waals surface area contributed by atoms with E-state index in [1.807, 2.05) is 24.3 Å². The van der Waals surface area contributed by atoms with Crippen LogP contribution in [0.5, 0.6) is 11.5 Å². The average molecular weight is 307 g/mol. The molecule has 0 fully saturated rings. The summed E-state index contributed by atoms with van der Waals surface area (Å²) >= 11 is 0. The first-order valence-electron chi connectivity index (χ1n) is 6.43. The standard InChI is InChI=1S/C15H17NO4S/c1-20-14-7-5-12(6-8-14)9-10-16-21(18,19)15-4-2-3-13(17)11-15/h2-8,11,16-17H,9-10H2,1H3. The zero-order chi connectivity index (χ0) is 15.3. The predicted octanol–water partition coefficient (Wildman–Crippen LogP) is 1.92. The van der Waals surface area contributed by atoms with Gasteiger partial charge in [-0.15, -0.1) is 0 Å². The molecule has 2 aromatic carbocycles. The lowest BCUT2D eigenvalue weighted by Crippen LogP contribution is -2.25. The third-order valence-electron chi connectivity index (χ3n) is 2.99. The maximum atomic E-state index is 12.0. The Balaban J connectivity index is 1.95. The summed E-state index contributed by atoms with van der Waals surface area (Å²) < 4.78 is 31.6. The molecule has 2 aromatic rings. The molecule has 112 valence electrons. The Morgan fingerprint density at radius 1 is 1.14 bits per heavy atom. The van der Waals surface area contributed by atoms with Crippen molar-refractivity contribution in [2.24, 2.45) is 0 Å². The van der Waals surface area contributed by atoms with Crippen molar-refractivity contribution >= 4 is 10.0 Å². The highest BCUT2D eigenvalue weighted by atomic mass is 32.2. The van der Waals surface area contributed by atoms with Crippen LogP contribution >= 0.6 is 0 Å². The first-order valence-corrected chi connectivity index (χ1v) is 7.91. The van der Waals surface area contributed by atoms with Crippen LogP contribution in [0, 0.1) is 0 Å². The number of rotatable bonds is 6. The molecule has 0 bridgehead atoms. The Labute approximate surface area is 124 Å². The fourth-order valence-electron chi connectivity index (χ4n) is 1.86. The van der Waals surface area contributed by atoms with E-state index in [0.29, 0.717) is 6.42 Å². The summed E-state index contributed by atoms with van der Waals surface area (Å²) in [7, 11) is -2.00. The van der Waals surface area contributed by atoms with Crippen molar-refractivity contribution in [3.63, 3.8) is 0 Å². The van der Waals surface area contributed by atoms with Crippen molar-refractivity contribution in [3.8, 4) is 11.5 Å². The van der Waals surface area contributed by atoms with E-state index < -0.39 is 10.0 Å². The minimum atomic E-state index is -3.60. The molecule has 0 unspecified atom stereocenters.